The van der Waals surface area contributed by atoms with Crippen molar-refractivity contribution >= 4 is 11.8 Å². The summed E-state index contributed by atoms with van der Waals surface area (Å²) in [7, 11) is 0. The predicted molar refractivity (Wildman–Crippen MR) is 72.2 cm³/mol. The van der Waals surface area contributed by atoms with Crippen molar-refractivity contribution in [2.45, 2.75) is 51.6 Å². The van der Waals surface area contributed by atoms with E-state index >= 15 is 0 Å². The van der Waals surface area contributed by atoms with Gasteiger partial charge in [0.05, 0.1) is 0 Å². The fourth-order valence-electron chi connectivity index (χ4n) is 2.76. The number of esters is 1. The SMILES string of the molecule is C[C@@H]1CC(=O)/C(=C(\O)CCCC2CCOCC2)C(=O)O1. The fourth-order valence-corrected chi connectivity index (χ4v) is 2.76. The van der Waals surface area contributed by atoms with Gasteiger partial charge in [0.15, 0.2) is 5.78 Å². The third-order valence-electron chi connectivity index (χ3n) is 3.92. The van der Waals surface area contributed by atoms with E-state index in [9.17, 15) is 14.7 Å². The minimum Gasteiger partial charge on any atom is -0.511 e. The topological polar surface area (TPSA) is 72.8 Å². The Morgan fingerprint density at radius 3 is 2.65 bits per heavy atom. The first kappa shape index (κ1) is 15.0. The van der Waals surface area contributed by atoms with Crippen LogP contribution >= 0.6 is 0 Å². The number of Topliss-reactive ketones (excluding diaryl/α,β-unsaturated/α-hetero) is 1. The number of carbonyl (C=O) groups excluding carboxylic acids is 2. The van der Waals surface area contributed by atoms with E-state index in [4.69, 9.17) is 9.47 Å². The number of hydrogen-bond donors (Lipinski definition) is 1. The molecule has 2 aliphatic heterocycles. The minimum atomic E-state index is -0.683. The van der Waals surface area contributed by atoms with Gasteiger partial charge < -0.3 is 14.6 Å². The number of aliphatic hydroxyl groups is 1. The number of allylic oxidation sites excluding steroid dienone is 1. The van der Waals surface area contributed by atoms with Gasteiger partial charge in [-0.15, -0.1) is 0 Å². The molecule has 0 unspecified atom stereocenters. The van der Waals surface area contributed by atoms with E-state index < -0.39 is 12.1 Å². The molecule has 2 heterocycles. The zero-order valence-corrected chi connectivity index (χ0v) is 11.9. The van der Waals surface area contributed by atoms with Gasteiger partial charge in [0.2, 0.25) is 0 Å². The molecule has 0 bridgehead atoms. The zero-order chi connectivity index (χ0) is 14.5. The predicted octanol–water partition coefficient (Wildman–Crippen LogP) is 2.30. The summed E-state index contributed by atoms with van der Waals surface area (Å²) in [6, 6.07) is 0. The largest absolute Gasteiger partial charge is 0.511 e. The van der Waals surface area contributed by atoms with Crippen molar-refractivity contribution in [1.82, 2.24) is 0 Å². The third-order valence-corrected chi connectivity index (χ3v) is 3.92. The first-order valence-electron chi connectivity index (χ1n) is 7.32. The minimum absolute atomic E-state index is 0.112. The second-order valence-corrected chi connectivity index (χ2v) is 5.61. The molecule has 0 amide bonds. The highest BCUT2D eigenvalue weighted by Crippen LogP contribution is 2.24. The van der Waals surface area contributed by atoms with Crippen LogP contribution in [0.5, 0.6) is 0 Å². The molecule has 2 fully saturated rings. The lowest BCUT2D eigenvalue weighted by Gasteiger charge is -2.22. The summed E-state index contributed by atoms with van der Waals surface area (Å²) in [6.07, 6.45) is 3.99. The van der Waals surface area contributed by atoms with Crippen molar-refractivity contribution in [1.29, 1.82) is 0 Å². The van der Waals surface area contributed by atoms with Crippen molar-refractivity contribution in [3.8, 4) is 0 Å². The summed E-state index contributed by atoms with van der Waals surface area (Å²) in [5, 5.41) is 9.96. The Morgan fingerprint density at radius 1 is 1.30 bits per heavy atom. The molecule has 112 valence electrons. The smallest absolute Gasteiger partial charge is 0.345 e. The summed E-state index contributed by atoms with van der Waals surface area (Å²) in [5.41, 5.74) is -0.143. The Bertz CT molecular complexity index is 386. The van der Waals surface area contributed by atoms with Crippen molar-refractivity contribution in [2.75, 3.05) is 13.2 Å². The van der Waals surface area contributed by atoms with Gasteiger partial charge in [0, 0.05) is 26.1 Å². The molecular formula is C15H22O5. The van der Waals surface area contributed by atoms with Crippen LogP contribution in [0.15, 0.2) is 11.3 Å². The van der Waals surface area contributed by atoms with Gasteiger partial charge in [0.25, 0.3) is 0 Å². The Kier molecular flexibility index (Phi) is 5.17. The number of rotatable bonds is 4. The normalized spacial score (nSPS) is 27.4. The van der Waals surface area contributed by atoms with Gasteiger partial charge >= 0.3 is 5.97 Å². The van der Waals surface area contributed by atoms with Gasteiger partial charge in [-0.3, -0.25) is 4.79 Å². The van der Waals surface area contributed by atoms with Crippen molar-refractivity contribution < 1.29 is 24.2 Å². The summed E-state index contributed by atoms with van der Waals surface area (Å²) < 4.78 is 10.3. The van der Waals surface area contributed by atoms with Gasteiger partial charge in [-0.25, -0.2) is 4.79 Å². The molecule has 0 aromatic carbocycles. The standard InChI is InChI=1S/C15H22O5/c1-10-9-13(17)14(15(18)20-10)12(16)4-2-3-11-5-7-19-8-6-11/h10-11,16H,2-9H2,1H3/b14-12+/t10-/m1/s1. The molecule has 5 nitrogen and oxygen atoms in total. The van der Waals surface area contributed by atoms with Crippen LogP contribution in [0, 0.1) is 5.92 Å². The second-order valence-electron chi connectivity index (χ2n) is 5.61. The number of hydrogen-bond acceptors (Lipinski definition) is 5. The molecule has 0 saturated carbocycles. The van der Waals surface area contributed by atoms with E-state index in [-0.39, 0.29) is 23.5 Å². The van der Waals surface area contributed by atoms with E-state index in [1.54, 1.807) is 6.92 Å². The highest BCUT2D eigenvalue weighted by atomic mass is 16.5. The number of ketones is 1. The Balaban J connectivity index is 1.86. The summed E-state index contributed by atoms with van der Waals surface area (Å²) in [6.45, 7) is 3.29. The van der Waals surface area contributed by atoms with E-state index in [0.29, 0.717) is 12.3 Å². The molecule has 2 aliphatic rings. The van der Waals surface area contributed by atoms with Crippen molar-refractivity contribution in [3.63, 3.8) is 0 Å². The number of aliphatic hydroxyl groups excluding tert-OH is 1. The van der Waals surface area contributed by atoms with Crippen LogP contribution in [-0.4, -0.2) is 36.2 Å². The van der Waals surface area contributed by atoms with Crippen molar-refractivity contribution in [3.05, 3.63) is 11.3 Å². The van der Waals surface area contributed by atoms with Crippen LogP contribution < -0.4 is 0 Å². The van der Waals surface area contributed by atoms with Crippen LogP contribution in [0.1, 0.15) is 45.4 Å². The van der Waals surface area contributed by atoms with E-state index in [1.165, 1.54) is 0 Å². The maximum absolute atomic E-state index is 11.8. The van der Waals surface area contributed by atoms with E-state index in [0.717, 1.165) is 38.9 Å². The van der Waals surface area contributed by atoms with Crippen LogP contribution in [-0.2, 0) is 19.1 Å². The second kappa shape index (κ2) is 6.88. The van der Waals surface area contributed by atoms with Gasteiger partial charge in [-0.1, -0.05) is 0 Å². The highest BCUT2D eigenvalue weighted by Gasteiger charge is 2.32. The molecular weight excluding hydrogens is 260 g/mol. The summed E-state index contributed by atoms with van der Waals surface area (Å²) in [4.78, 5) is 23.4. The summed E-state index contributed by atoms with van der Waals surface area (Å²) in [5.74, 6) is -0.482. The molecule has 5 heteroatoms. The molecule has 1 N–H and O–H groups in total. The molecule has 20 heavy (non-hydrogen) atoms. The first-order chi connectivity index (χ1) is 9.58. The summed E-state index contributed by atoms with van der Waals surface area (Å²) >= 11 is 0. The highest BCUT2D eigenvalue weighted by molar-refractivity contribution is 6.19. The molecule has 0 aromatic rings. The quantitative estimate of drug-likeness (QED) is 0.371. The third kappa shape index (κ3) is 3.82. The maximum Gasteiger partial charge on any atom is 0.345 e. The Morgan fingerprint density at radius 2 is 2.00 bits per heavy atom. The molecule has 0 aromatic heterocycles. The Labute approximate surface area is 118 Å². The monoisotopic (exact) mass is 282 g/mol. The fraction of sp³-hybridized carbons (Fsp3) is 0.733. The van der Waals surface area contributed by atoms with Gasteiger partial charge in [-0.05, 0) is 38.5 Å². The lowest BCUT2D eigenvalue weighted by molar-refractivity contribution is -0.150. The molecule has 0 spiro atoms. The van der Waals surface area contributed by atoms with Gasteiger partial charge in [0.1, 0.15) is 17.4 Å². The van der Waals surface area contributed by atoms with Crippen LogP contribution in [0.4, 0.5) is 0 Å². The molecule has 2 saturated heterocycles. The van der Waals surface area contributed by atoms with Crippen LogP contribution in [0.2, 0.25) is 0 Å². The van der Waals surface area contributed by atoms with Crippen LogP contribution in [0.3, 0.4) is 0 Å². The molecule has 2 rings (SSSR count). The first-order valence-corrected chi connectivity index (χ1v) is 7.32. The number of carbonyl (C=O) groups is 2. The average molecular weight is 282 g/mol. The van der Waals surface area contributed by atoms with Crippen molar-refractivity contribution in [2.24, 2.45) is 5.92 Å². The number of ether oxygens (including phenoxy) is 2. The molecule has 0 aliphatic carbocycles. The van der Waals surface area contributed by atoms with Crippen LogP contribution in [0.25, 0.3) is 0 Å². The molecule has 1 atom stereocenters. The average Bonchev–Trinajstić information content (AvgIpc) is 2.38. The number of cyclic esters (lactones) is 1. The Hall–Kier alpha value is -1.36. The van der Waals surface area contributed by atoms with E-state index in [2.05, 4.69) is 0 Å². The lowest BCUT2D eigenvalue weighted by Crippen LogP contribution is -2.31. The lowest BCUT2D eigenvalue weighted by atomic mass is 9.93. The molecule has 0 radical (unpaired) electrons. The van der Waals surface area contributed by atoms with E-state index in [1.807, 2.05) is 0 Å². The maximum atomic E-state index is 11.8. The van der Waals surface area contributed by atoms with Gasteiger partial charge in [-0.2, -0.15) is 0 Å². The zero-order valence-electron chi connectivity index (χ0n) is 11.9.